The van der Waals surface area contributed by atoms with Crippen LogP contribution in [-0.4, -0.2) is 112 Å². The molecule has 2 saturated heterocycles. The Balaban J connectivity index is 0.000000213. The van der Waals surface area contributed by atoms with Gasteiger partial charge in [-0.25, -0.2) is 24.0 Å². The number of fused-ring (bicyclic) bond motifs is 2. The summed E-state index contributed by atoms with van der Waals surface area (Å²) in [6.07, 6.45) is 3.56. The monoisotopic (exact) mass is 1410 g/mol. The van der Waals surface area contributed by atoms with Gasteiger partial charge in [0, 0.05) is 34.1 Å². The largest absolute Gasteiger partial charge is 0.506 e. The Kier molecular flexibility index (Phi) is 24.5. The number of allylic oxidation sites excluding steroid dienone is 1. The van der Waals surface area contributed by atoms with Crippen molar-refractivity contribution >= 4 is 87.3 Å². The number of imide groups is 1. The number of carbonyl (C=O) groups is 5. The van der Waals surface area contributed by atoms with Crippen LogP contribution < -0.4 is 10.5 Å². The molecule has 2 atom stereocenters. The van der Waals surface area contributed by atoms with Gasteiger partial charge < -0.3 is 33.7 Å². The van der Waals surface area contributed by atoms with Gasteiger partial charge in [0.15, 0.2) is 0 Å². The fourth-order valence-electron chi connectivity index (χ4n) is 11.6. The minimum atomic E-state index is -1.74. The van der Waals surface area contributed by atoms with Gasteiger partial charge in [-0.2, -0.15) is 15.1 Å². The minimum absolute atomic E-state index is 0. The second-order valence-electron chi connectivity index (χ2n) is 27.1. The standard InChI is InChI=1S/C40H44N4O6.C21H20BrN3O2.C14H18BNO4.2CH4/c1-39(2,3)49-37(46)44(38(47)50-40(4,5)6)32-19-18-29-21-30(22-31(29)23-32)27-14-16-28(17-15-27)33-24-34(42-41-33)35-13-10-20-43(35)36(45)48-25-26-11-8-7-9-12-26;22-17-10-8-16(9-11-17)18-13-19(24-23-18)20-7-4-12-25(20)21(26)27-14-15-5-2-1-3-6-15;1-9-5-6-11-10(7-9)8-12(15(18)19)16(11)13(17)20-14(2,3)4;;/h7-9,11-12,14-19,22-24,35H,10,13,20-21,25H2,1-6H3,(H,41,42);1-3,5-6,8-11,13,20H,4,7,12,14H2,(H,23,24);5-8,18-19H,1-4H3;2*1H4/t35-;20-;;;/m00.../s1. The number of hydrogen-bond acceptors (Lipinski definition) is 14. The number of nitrogens with one attached hydrogen (secondary N) is 2. The zero-order chi connectivity index (χ0) is 69.3. The number of halogens is 1. The highest BCUT2D eigenvalue weighted by molar-refractivity contribution is 9.10. The van der Waals surface area contributed by atoms with E-state index in [1.165, 1.54) is 4.57 Å². The second kappa shape index (κ2) is 32.3. The summed E-state index contributed by atoms with van der Waals surface area (Å²) in [5.74, 6) is 0. The van der Waals surface area contributed by atoms with Crippen LogP contribution >= 0.6 is 15.9 Å². The van der Waals surface area contributed by atoms with Crippen molar-refractivity contribution in [2.45, 2.75) is 158 Å². The maximum Gasteiger partial charge on any atom is 0.506 e. The smallest absolute Gasteiger partial charge is 0.445 e. The van der Waals surface area contributed by atoms with E-state index in [2.05, 4.69) is 54.5 Å². The summed E-state index contributed by atoms with van der Waals surface area (Å²) in [6, 6.07) is 52.1. The van der Waals surface area contributed by atoms with E-state index in [0.29, 0.717) is 30.7 Å². The number of H-pyrrole nitrogens is 2. The molecule has 4 N–H and O–H groups in total. The van der Waals surface area contributed by atoms with Gasteiger partial charge >= 0.3 is 37.6 Å². The van der Waals surface area contributed by atoms with Crippen LogP contribution in [0.3, 0.4) is 0 Å². The van der Waals surface area contributed by atoms with Crippen LogP contribution in [0.4, 0.5) is 29.7 Å². The number of likely N-dealkylation sites (tertiary alicyclic amines) is 2. The molecule has 99 heavy (non-hydrogen) atoms. The number of ether oxygens (including phenoxy) is 5. The predicted octanol–water partition coefficient (Wildman–Crippen LogP) is 17.3. The van der Waals surface area contributed by atoms with Crippen molar-refractivity contribution in [1.82, 2.24) is 34.8 Å². The van der Waals surface area contributed by atoms with E-state index in [0.717, 1.165) is 113 Å². The first kappa shape index (κ1) is 75.0. The number of benzene rings is 6. The average Bonchev–Trinajstić information content (AvgIpc) is 1.66. The van der Waals surface area contributed by atoms with E-state index in [1.807, 2.05) is 140 Å². The van der Waals surface area contributed by atoms with Crippen LogP contribution in [0.2, 0.25) is 0 Å². The van der Waals surface area contributed by atoms with Crippen LogP contribution in [0.25, 0.3) is 45.1 Å². The molecule has 22 heteroatoms. The normalized spacial score (nSPS) is 14.8. The summed E-state index contributed by atoms with van der Waals surface area (Å²) in [5.41, 5.74) is 11.5. The molecule has 0 saturated carbocycles. The number of nitrogens with zero attached hydrogens (tertiary/aromatic N) is 6. The highest BCUT2D eigenvalue weighted by Gasteiger charge is 2.36. The Morgan fingerprint density at radius 2 is 1.05 bits per heavy atom. The number of rotatable bonds is 11. The van der Waals surface area contributed by atoms with Crippen molar-refractivity contribution in [2.75, 3.05) is 18.0 Å². The quantitative estimate of drug-likeness (QED) is 0.0695. The van der Waals surface area contributed by atoms with Gasteiger partial charge in [-0.3, -0.25) is 24.6 Å². The third-order valence-electron chi connectivity index (χ3n) is 16.1. The molecule has 4 amide bonds. The van der Waals surface area contributed by atoms with Gasteiger partial charge in [-0.05, 0) is 189 Å². The molecule has 2 fully saturated rings. The van der Waals surface area contributed by atoms with E-state index in [-0.39, 0.29) is 57.9 Å². The molecule has 0 bridgehead atoms. The fourth-order valence-corrected chi connectivity index (χ4v) is 11.9. The van der Waals surface area contributed by atoms with E-state index < -0.39 is 42.2 Å². The third kappa shape index (κ3) is 19.5. The van der Waals surface area contributed by atoms with Crippen molar-refractivity contribution in [2.24, 2.45) is 0 Å². The van der Waals surface area contributed by atoms with Crippen LogP contribution in [0.1, 0.15) is 160 Å². The summed E-state index contributed by atoms with van der Waals surface area (Å²) in [7, 11) is -1.74. The molecule has 0 unspecified atom stereocenters. The first-order valence-corrected chi connectivity index (χ1v) is 33.2. The summed E-state index contributed by atoms with van der Waals surface area (Å²) in [5, 5.41) is 34.9. The Hall–Kier alpha value is -9.77. The number of aryl methyl sites for hydroxylation is 1. The average molecular weight is 1410 g/mol. The van der Waals surface area contributed by atoms with Crippen LogP contribution in [0.15, 0.2) is 168 Å². The van der Waals surface area contributed by atoms with Crippen LogP contribution in [-0.2, 0) is 43.3 Å². The first-order chi connectivity index (χ1) is 46.1. The molecular weight excluding hydrogens is 1320 g/mol. The molecule has 0 spiro atoms. The lowest BCUT2D eigenvalue weighted by molar-refractivity contribution is 0.0428. The molecule has 2 aliphatic heterocycles. The van der Waals surface area contributed by atoms with Crippen molar-refractivity contribution < 1.29 is 57.7 Å². The van der Waals surface area contributed by atoms with Gasteiger partial charge in [-0.1, -0.05) is 152 Å². The molecule has 1 aliphatic carbocycles. The number of amides is 4. The van der Waals surface area contributed by atoms with E-state index in [9.17, 15) is 34.0 Å². The van der Waals surface area contributed by atoms with Gasteiger partial charge in [0.05, 0.1) is 51.7 Å². The highest BCUT2D eigenvalue weighted by Crippen LogP contribution is 2.38. The molecule has 5 heterocycles. The summed E-state index contributed by atoms with van der Waals surface area (Å²) in [4.78, 5) is 68.7. The lowest BCUT2D eigenvalue weighted by atomic mass is 9.86. The van der Waals surface area contributed by atoms with Crippen LogP contribution in [0, 0.1) is 6.92 Å². The molecule has 0 radical (unpaired) electrons. The Morgan fingerprint density at radius 1 is 0.576 bits per heavy atom. The zero-order valence-electron chi connectivity index (χ0n) is 56.3. The van der Waals surface area contributed by atoms with E-state index in [1.54, 1.807) is 90.3 Å². The minimum Gasteiger partial charge on any atom is -0.445 e. The number of aromatic nitrogens is 5. The summed E-state index contributed by atoms with van der Waals surface area (Å²) < 4.78 is 29.8. The Bertz CT molecular complexity index is 4260. The fraction of sp³-hybridized carbons (Fsp3) is 0.338. The second-order valence-corrected chi connectivity index (χ2v) is 28.0. The van der Waals surface area contributed by atoms with E-state index in [4.69, 9.17) is 23.7 Å². The SMILES string of the molecule is C.C.CC(C)(C)OC(=O)N(C(=O)OC(C)(C)C)c1ccc2c(c1)C=C(c1ccc(-c3cc([C@@H]4CCCN4C(=O)OCc4ccccc4)[nH]n3)cc1)C2.Cc1ccc2c(c1)cc(B(O)O)n2C(=O)OC(C)(C)C.O=C(OCc1ccccc1)N1CCC[C@H]1c1cc(-c2ccc(Br)cc2)n[nH]1. The lowest BCUT2D eigenvalue weighted by Crippen LogP contribution is -2.43. The number of anilines is 1. The van der Waals surface area contributed by atoms with Gasteiger partial charge in [-0.15, -0.1) is 0 Å². The van der Waals surface area contributed by atoms with Crippen molar-refractivity contribution in [3.63, 3.8) is 0 Å². The number of carbonyl (C=O) groups excluding carboxylic acids is 5. The van der Waals surface area contributed by atoms with Crippen molar-refractivity contribution in [3.8, 4) is 22.5 Å². The predicted molar refractivity (Wildman–Crippen MR) is 391 cm³/mol. The van der Waals surface area contributed by atoms with Gasteiger partial charge in [0.2, 0.25) is 0 Å². The molecule has 20 nitrogen and oxygen atoms in total. The zero-order valence-corrected chi connectivity index (χ0v) is 57.9. The summed E-state index contributed by atoms with van der Waals surface area (Å²) >= 11 is 3.45. The number of hydrogen-bond donors (Lipinski definition) is 4. The van der Waals surface area contributed by atoms with Gasteiger partial charge in [0.1, 0.15) is 30.0 Å². The third-order valence-corrected chi connectivity index (χ3v) is 16.6. The Morgan fingerprint density at radius 3 is 1.53 bits per heavy atom. The molecule has 9 aromatic rings. The number of aromatic amines is 2. The molecule has 3 aromatic heterocycles. The van der Waals surface area contributed by atoms with Crippen LogP contribution in [0.5, 0.6) is 0 Å². The molecule has 520 valence electrons. The van der Waals surface area contributed by atoms with Gasteiger partial charge in [0.25, 0.3) is 0 Å². The Labute approximate surface area is 588 Å². The molecule has 6 aromatic carbocycles. The maximum atomic E-state index is 13.2. The molecular formula is C77H90BBrN8O12. The summed E-state index contributed by atoms with van der Waals surface area (Å²) in [6.45, 7) is 19.6. The first-order valence-electron chi connectivity index (χ1n) is 32.4. The van der Waals surface area contributed by atoms with Crippen molar-refractivity contribution in [3.05, 3.63) is 213 Å². The highest BCUT2D eigenvalue weighted by atomic mass is 79.9. The molecule has 12 rings (SSSR count). The topological polar surface area (TPSA) is 244 Å². The molecule has 3 aliphatic rings. The van der Waals surface area contributed by atoms with Crippen molar-refractivity contribution in [1.29, 1.82) is 0 Å². The maximum absolute atomic E-state index is 13.2. The lowest BCUT2D eigenvalue weighted by Gasteiger charge is -2.28. The van der Waals surface area contributed by atoms with E-state index >= 15 is 0 Å².